The van der Waals surface area contributed by atoms with E-state index < -0.39 is 7.75 Å². The molecule has 35 heavy (non-hydrogen) atoms. The molecule has 0 radical (unpaired) electrons. The highest BCUT2D eigenvalue weighted by atomic mass is 31.2. The highest BCUT2D eigenvalue weighted by Gasteiger charge is 2.20. The van der Waals surface area contributed by atoms with E-state index in [1.807, 2.05) is 12.1 Å². The van der Waals surface area contributed by atoms with E-state index in [4.69, 9.17) is 4.74 Å². The Hall–Kier alpha value is -1.23. The second-order valence-electron chi connectivity index (χ2n) is 9.99. The number of hydrogen-bond acceptors (Lipinski definition) is 3. The minimum Gasteiger partial charge on any atom is -0.491 e. The molecule has 0 aliphatic heterocycles. The van der Waals surface area contributed by atoms with Gasteiger partial charge in [-0.3, -0.25) is 5.09 Å². The van der Waals surface area contributed by atoms with Gasteiger partial charge in [-0.1, -0.05) is 92.4 Å². The molecule has 0 bridgehead atoms. The Morgan fingerprint density at radius 1 is 0.886 bits per heavy atom. The van der Waals surface area contributed by atoms with Crippen LogP contribution in [0.3, 0.4) is 0 Å². The largest absolute Gasteiger partial charge is 0.491 e. The van der Waals surface area contributed by atoms with E-state index in [9.17, 15) is 14.4 Å². The summed E-state index contributed by atoms with van der Waals surface area (Å²) in [7, 11) is -4.39. The smallest absolute Gasteiger partial charge is 0.427 e. The fourth-order valence-corrected chi connectivity index (χ4v) is 4.97. The topological polar surface area (TPSA) is 82.0 Å². The van der Waals surface area contributed by atoms with Crippen LogP contribution < -0.4 is 14.7 Å². The number of ether oxygens (including phenoxy) is 1. The first-order valence-electron chi connectivity index (χ1n) is 14.1. The molecule has 0 saturated carbocycles. The van der Waals surface area contributed by atoms with E-state index in [2.05, 4.69) is 44.6 Å². The van der Waals surface area contributed by atoms with Crippen molar-refractivity contribution >= 4 is 19.1 Å². The summed E-state index contributed by atoms with van der Waals surface area (Å²) in [5.74, 6) is 1.92. The normalized spacial score (nSPS) is 13.5. The second-order valence-corrected chi connectivity index (χ2v) is 11.3. The number of unbranched alkanes of at least 4 members (excludes halogenated alkanes) is 5. The van der Waals surface area contributed by atoms with Crippen molar-refractivity contribution in [2.24, 2.45) is 11.8 Å². The Balaban J connectivity index is 3.25. The van der Waals surface area contributed by atoms with Crippen molar-refractivity contribution in [3.05, 3.63) is 18.2 Å². The number of nitrogens with one attached hydrogen (secondary N) is 1. The maximum Gasteiger partial charge on any atom is 0.427 e. The molecule has 3 N–H and O–H groups in total. The SMILES string of the molecule is CCCCCCN(CC(CC)CCCC)c1cc(NP(=O)(O)O)ccc1OCC(CC)CCCC. The van der Waals surface area contributed by atoms with Crippen LogP contribution in [0, 0.1) is 11.8 Å². The van der Waals surface area contributed by atoms with Gasteiger partial charge >= 0.3 is 7.75 Å². The third kappa shape index (κ3) is 13.6. The van der Waals surface area contributed by atoms with E-state index in [0.29, 0.717) is 24.1 Å². The zero-order valence-corrected chi connectivity index (χ0v) is 24.0. The van der Waals surface area contributed by atoms with Gasteiger partial charge in [-0.2, -0.15) is 0 Å². The molecule has 0 fully saturated rings. The zero-order chi connectivity index (χ0) is 26.1. The minimum atomic E-state index is -4.39. The van der Waals surface area contributed by atoms with E-state index in [1.165, 1.54) is 51.4 Å². The minimum absolute atomic E-state index is 0.430. The Kier molecular flexibility index (Phi) is 16.4. The molecule has 0 saturated heterocycles. The second kappa shape index (κ2) is 18.1. The van der Waals surface area contributed by atoms with Crippen LogP contribution in [0.15, 0.2) is 18.2 Å². The summed E-state index contributed by atoms with van der Waals surface area (Å²) in [5.41, 5.74) is 1.37. The zero-order valence-electron chi connectivity index (χ0n) is 23.1. The lowest BCUT2D eigenvalue weighted by Gasteiger charge is -2.31. The number of hydrogen-bond donors (Lipinski definition) is 3. The summed E-state index contributed by atoms with van der Waals surface area (Å²) < 4.78 is 18.1. The predicted octanol–water partition coefficient (Wildman–Crippen LogP) is 8.39. The van der Waals surface area contributed by atoms with Crippen molar-refractivity contribution in [2.45, 2.75) is 112 Å². The lowest BCUT2D eigenvalue weighted by Crippen LogP contribution is -2.31. The van der Waals surface area contributed by atoms with E-state index >= 15 is 0 Å². The van der Waals surface area contributed by atoms with Crippen molar-refractivity contribution < 1.29 is 19.1 Å². The van der Waals surface area contributed by atoms with Crippen LogP contribution in [0.5, 0.6) is 5.75 Å². The van der Waals surface area contributed by atoms with Crippen LogP contribution in [-0.4, -0.2) is 29.5 Å². The van der Waals surface area contributed by atoms with Crippen LogP contribution in [0.4, 0.5) is 11.4 Å². The summed E-state index contributed by atoms with van der Waals surface area (Å²) in [4.78, 5) is 21.4. The van der Waals surface area contributed by atoms with Crippen molar-refractivity contribution in [3.8, 4) is 5.75 Å². The van der Waals surface area contributed by atoms with Crippen LogP contribution in [0.1, 0.15) is 112 Å². The molecule has 0 heterocycles. The van der Waals surface area contributed by atoms with Gasteiger partial charge < -0.3 is 19.4 Å². The van der Waals surface area contributed by atoms with Gasteiger partial charge in [0.05, 0.1) is 12.3 Å². The first kappa shape index (κ1) is 31.8. The van der Waals surface area contributed by atoms with Gasteiger partial charge in [0.15, 0.2) is 0 Å². The number of anilines is 2. The molecular weight excluding hydrogens is 459 g/mol. The fourth-order valence-electron chi connectivity index (χ4n) is 4.50. The summed E-state index contributed by atoms with van der Waals surface area (Å²) in [6, 6.07) is 5.47. The molecule has 1 rings (SSSR count). The Morgan fingerprint density at radius 3 is 2.09 bits per heavy atom. The first-order valence-corrected chi connectivity index (χ1v) is 15.7. The van der Waals surface area contributed by atoms with E-state index in [0.717, 1.165) is 50.2 Å². The summed E-state index contributed by atoms with van der Waals surface area (Å²) in [6.45, 7) is 13.7. The number of nitrogens with zero attached hydrogens (tertiary/aromatic N) is 1. The summed E-state index contributed by atoms with van der Waals surface area (Å²) in [6.07, 6.45) is 14.1. The first-order chi connectivity index (χ1) is 16.8. The van der Waals surface area contributed by atoms with Crippen molar-refractivity contribution in [2.75, 3.05) is 29.7 Å². The lowest BCUT2D eigenvalue weighted by atomic mass is 9.98. The van der Waals surface area contributed by atoms with Gasteiger partial charge in [-0.15, -0.1) is 0 Å². The highest BCUT2D eigenvalue weighted by molar-refractivity contribution is 7.53. The third-order valence-electron chi connectivity index (χ3n) is 6.90. The van der Waals surface area contributed by atoms with Crippen molar-refractivity contribution in [1.82, 2.24) is 0 Å². The van der Waals surface area contributed by atoms with E-state index in [-0.39, 0.29) is 0 Å². The molecule has 6 nitrogen and oxygen atoms in total. The van der Waals surface area contributed by atoms with Crippen molar-refractivity contribution in [3.63, 3.8) is 0 Å². The monoisotopic (exact) mass is 512 g/mol. The molecule has 2 atom stereocenters. The quantitative estimate of drug-likeness (QED) is 0.113. The Bertz CT molecular complexity index is 725. The standard InChI is InChI=1S/C28H53N2O4P/c1-6-11-14-15-20-30(22-24(9-4)16-12-7-2)27-21-26(29-35(31,32)33)18-19-28(27)34-23-25(10-5)17-13-8-3/h18-19,21,24-25H,6-17,20,22-23H2,1-5H3,(H3,29,31,32,33). The Labute approximate surface area is 215 Å². The van der Waals surface area contributed by atoms with Crippen molar-refractivity contribution in [1.29, 1.82) is 0 Å². The third-order valence-corrected chi connectivity index (χ3v) is 7.45. The van der Waals surface area contributed by atoms with Gasteiger partial charge in [-0.05, 0) is 49.3 Å². The molecule has 1 aromatic carbocycles. The van der Waals surface area contributed by atoms with E-state index in [1.54, 1.807) is 6.07 Å². The molecule has 0 aliphatic rings. The van der Waals surface area contributed by atoms with Crippen LogP contribution in [0.25, 0.3) is 0 Å². The van der Waals surface area contributed by atoms with Gasteiger partial charge in [0.25, 0.3) is 0 Å². The molecule has 7 heteroatoms. The molecule has 0 aromatic heterocycles. The molecule has 204 valence electrons. The van der Waals surface area contributed by atoms with Gasteiger partial charge in [0.2, 0.25) is 0 Å². The van der Waals surface area contributed by atoms with Gasteiger partial charge in [0.1, 0.15) is 5.75 Å². The molecule has 2 unspecified atom stereocenters. The molecule has 0 aliphatic carbocycles. The summed E-state index contributed by atoms with van der Waals surface area (Å²) in [5, 5.41) is 2.37. The molecule has 1 aromatic rings. The molecular formula is C28H53N2O4P. The van der Waals surface area contributed by atoms with Gasteiger partial charge in [-0.25, -0.2) is 4.57 Å². The van der Waals surface area contributed by atoms with Gasteiger partial charge in [0, 0.05) is 18.8 Å². The summed E-state index contributed by atoms with van der Waals surface area (Å²) >= 11 is 0. The van der Waals surface area contributed by atoms with Crippen LogP contribution >= 0.6 is 7.75 Å². The fraction of sp³-hybridized carbons (Fsp3) is 0.786. The average Bonchev–Trinajstić information content (AvgIpc) is 2.83. The van der Waals surface area contributed by atoms with Crippen LogP contribution in [0.2, 0.25) is 0 Å². The number of benzene rings is 1. The highest BCUT2D eigenvalue weighted by Crippen LogP contribution is 2.40. The maximum absolute atomic E-state index is 11.6. The molecule has 0 amide bonds. The maximum atomic E-state index is 11.6. The number of rotatable bonds is 21. The lowest BCUT2D eigenvalue weighted by molar-refractivity contribution is 0.233. The average molecular weight is 513 g/mol. The molecule has 0 spiro atoms. The van der Waals surface area contributed by atoms with Crippen LogP contribution in [-0.2, 0) is 4.57 Å². The predicted molar refractivity (Wildman–Crippen MR) is 151 cm³/mol. The Morgan fingerprint density at radius 2 is 1.51 bits per heavy atom.